The second-order valence-electron chi connectivity index (χ2n) is 6.52. The van der Waals surface area contributed by atoms with Gasteiger partial charge in [0.1, 0.15) is 5.75 Å². The summed E-state index contributed by atoms with van der Waals surface area (Å²) in [5, 5.41) is 3.22. The highest BCUT2D eigenvalue weighted by Crippen LogP contribution is 2.32. The van der Waals surface area contributed by atoms with Crippen LogP contribution in [0.1, 0.15) is 41.7 Å². The fourth-order valence-corrected chi connectivity index (χ4v) is 3.45. The number of halogens is 1. The lowest BCUT2D eigenvalue weighted by molar-refractivity contribution is 0.112. The van der Waals surface area contributed by atoms with Crippen LogP contribution in [0.15, 0.2) is 12.1 Å². The predicted molar refractivity (Wildman–Crippen MR) is 98.6 cm³/mol. The molecule has 0 bridgehead atoms. The number of hydrogen-bond acceptors (Lipinski definition) is 4. The van der Waals surface area contributed by atoms with Crippen molar-refractivity contribution in [3.05, 3.63) is 28.3 Å². The minimum atomic E-state index is -0.343. The zero-order chi connectivity index (χ0) is 18.6. The van der Waals surface area contributed by atoms with Crippen molar-refractivity contribution in [3.8, 4) is 5.75 Å². The van der Waals surface area contributed by atoms with E-state index in [9.17, 15) is 9.59 Å². The predicted octanol–water partition coefficient (Wildman–Crippen LogP) is 2.96. The Balaban J connectivity index is 2.08. The summed E-state index contributed by atoms with van der Waals surface area (Å²) in [4.78, 5) is 28.0. The molecular weight excluding hydrogens is 342 g/mol. The number of nitrogens with one attached hydrogen (secondary N) is 1. The molecule has 138 valence electrons. The number of ether oxygens (including phenoxy) is 1. The van der Waals surface area contributed by atoms with Gasteiger partial charge in [0.2, 0.25) is 0 Å². The minimum absolute atomic E-state index is 0.147. The molecule has 0 spiro atoms. The number of amides is 2. The van der Waals surface area contributed by atoms with Gasteiger partial charge >= 0.3 is 6.03 Å². The number of nitrogens with zero attached hydrogens (tertiary/aromatic N) is 2. The Morgan fingerprint density at radius 2 is 2.08 bits per heavy atom. The van der Waals surface area contributed by atoms with Gasteiger partial charge in [0.15, 0.2) is 6.29 Å². The second kappa shape index (κ2) is 8.54. The summed E-state index contributed by atoms with van der Waals surface area (Å²) in [7, 11) is 5.41. The van der Waals surface area contributed by atoms with Crippen LogP contribution in [0, 0.1) is 0 Å². The Hall–Kier alpha value is -1.79. The zero-order valence-corrected chi connectivity index (χ0v) is 16.0. The van der Waals surface area contributed by atoms with Crippen molar-refractivity contribution in [2.75, 3.05) is 34.3 Å². The number of piperidine rings is 1. The van der Waals surface area contributed by atoms with Crippen LogP contribution < -0.4 is 10.1 Å². The van der Waals surface area contributed by atoms with Crippen molar-refractivity contribution in [1.29, 1.82) is 0 Å². The van der Waals surface area contributed by atoms with Crippen LogP contribution in [0.5, 0.6) is 5.75 Å². The molecule has 0 radical (unpaired) electrons. The quantitative estimate of drug-likeness (QED) is 0.813. The summed E-state index contributed by atoms with van der Waals surface area (Å²) >= 11 is 6.21. The molecule has 1 N–H and O–H groups in total. The van der Waals surface area contributed by atoms with Crippen LogP contribution in [0.2, 0.25) is 5.02 Å². The first-order valence-electron chi connectivity index (χ1n) is 8.42. The Kier molecular flexibility index (Phi) is 6.67. The van der Waals surface area contributed by atoms with Crippen molar-refractivity contribution in [2.24, 2.45) is 0 Å². The van der Waals surface area contributed by atoms with Crippen LogP contribution in [-0.2, 0) is 0 Å². The standard InChI is InChI=1S/C18H26ClN3O3/c1-12(14-5-6-16(25-4)17(19)15(14)11-23)20-18(24)22(3)13-7-9-21(2)10-8-13/h5-6,11-13H,7-10H2,1-4H3,(H,20,24). The van der Waals surface area contributed by atoms with E-state index < -0.39 is 0 Å². The fourth-order valence-electron chi connectivity index (χ4n) is 3.16. The van der Waals surface area contributed by atoms with E-state index in [2.05, 4.69) is 17.3 Å². The van der Waals surface area contributed by atoms with Crippen LogP contribution in [0.25, 0.3) is 0 Å². The molecule has 0 aromatic heterocycles. The Morgan fingerprint density at radius 1 is 1.44 bits per heavy atom. The van der Waals surface area contributed by atoms with Gasteiger partial charge < -0.3 is 19.9 Å². The molecule has 1 saturated heterocycles. The molecule has 1 aromatic carbocycles. The lowest BCUT2D eigenvalue weighted by Crippen LogP contribution is -2.48. The highest BCUT2D eigenvalue weighted by Gasteiger charge is 2.25. The smallest absolute Gasteiger partial charge is 0.317 e. The van der Waals surface area contributed by atoms with Gasteiger partial charge in [-0.3, -0.25) is 4.79 Å². The highest BCUT2D eigenvalue weighted by molar-refractivity contribution is 6.34. The van der Waals surface area contributed by atoms with E-state index in [1.54, 1.807) is 17.0 Å². The molecule has 6 nitrogen and oxygen atoms in total. The maximum absolute atomic E-state index is 12.6. The molecule has 1 aliphatic rings. The molecule has 1 heterocycles. The molecule has 1 unspecified atom stereocenters. The second-order valence-corrected chi connectivity index (χ2v) is 6.90. The van der Waals surface area contributed by atoms with Crippen molar-refractivity contribution < 1.29 is 14.3 Å². The van der Waals surface area contributed by atoms with Crippen LogP contribution >= 0.6 is 11.6 Å². The van der Waals surface area contributed by atoms with E-state index in [1.165, 1.54) is 7.11 Å². The van der Waals surface area contributed by atoms with E-state index >= 15 is 0 Å². The van der Waals surface area contributed by atoms with Gasteiger partial charge in [-0.1, -0.05) is 17.7 Å². The number of rotatable bonds is 5. The molecule has 1 aliphatic heterocycles. The molecule has 25 heavy (non-hydrogen) atoms. The Labute approximate surface area is 154 Å². The van der Waals surface area contributed by atoms with Crippen molar-refractivity contribution >= 4 is 23.9 Å². The van der Waals surface area contributed by atoms with Gasteiger partial charge in [-0.05, 0) is 51.5 Å². The summed E-state index contributed by atoms with van der Waals surface area (Å²) in [5.74, 6) is 0.439. The number of methoxy groups -OCH3 is 1. The molecule has 2 rings (SSSR count). The first kappa shape index (κ1) is 19.5. The molecule has 1 aromatic rings. The first-order chi connectivity index (χ1) is 11.9. The molecule has 0 aliphatic carbocycles. The third-order valence-electron chi connectivity index (χ3n) is 4.88. The molecular formula is C18H26ClN3O3. The van der Waals surface area contributed by atoms with Crippen LogP contribution in [-0.4, -0.2) is 62.5 Å². The average Bonchev–Trinajstić information content (AvgIpc) is 2.61. The third kappa shape index (κ3) is 4.44. The molecule has 0 saturated carbocycles. The van der Waals surface area contributed by atoms with Gasteiger partial charge in [0.25, 0.3) is 0 Å². The van der Waals surface area contributed by atoms with Crippen LogP contribution in [0.4, 0.5) is 4.79 Å². The Morgan fingerprint density at radius 3 is 2.64 bits per heavy atom. The summed E-state index contributed by atoms with van der Waals surface area (Å²) in [5.41, 5.74) is 1.02. The van der Waals surface area contributed by atoms with Gasteiger partial charge in [0, 0.05) is 18.7 Å². The minimum Gasteiger partial charge on any atom is -0.495 e. The highest BCUT2D eigenvalue weighted by atomic mass is 35.5. The van der Waals surface area contributed by atoms with Gasteiger partial charge in [-0.25, -0.2) is 4.79 Å². The van der Waals surface area contributed by atoms with E-state index in [4.69, 9.17) is 16.3 Å². The summed E-state index contributed by atoms with van der Waals surface area (Å²) in [6.07, 6.45) is 2.62. The topological polar surface area (TPSA) is 61.9 Å². The lowest BCUT2D eigenvalue weighted by atomic mass is 10.0. The first-order valence-corrected chi connectivity index (χ1v) is 8.80. The molecule has 7 heteroatoms. The Bertz CT molecular complexity index is 630. The number of benzene rings is 1. The SMILES string of the molecule is COc1ccc(C(C)NC(=O)N(C)C2CCN(C)CC2)c(C=O)c1Cl. The lowest BCUT2D eigenvalue weighted by Gasteiger charge is -2.35. The largest absolute Gasteiger partial charge is 0.495 e. The van der Waals surface area contributed by atoms with Gasteiger partial charge in [0.05, 0.1) is 18.2 Å². The zero-order valence-electron chi connectivity index (χ0n) is 15.2. The van der Waals surface area contributed by atoms with Crippen LogP contribution in [0.3, 0.4) is 0 Å². The van der Waals surface area contributed by atoms with Crippen molar-refractivity contribution in [1.82, 2.24) is 15.1 Å². The third-order valence-corrected chi connectivity index (χ3v) is 5.27. The van der Waals surface area contributed by atoms with E-state index in [1.807, 2.05) is 14.0 Å². The van der Waals surface area contributed by atoms with Gasteiger partial charge in [-0.2, -0.15) is 0 Å². The number of aldehydes is 1. The number of hydrogen-bond donors (Lipinski definition) is 1. The molecule has 2 amide bonds. The van der Waals surface area contributed by atoms with E-state index in [0.717, 1.165) is 25.9 Å². The van der Waals surface area contributed by atoms with Gasteiger partial charge in [-0.15, -0.1) is 0 Å². The number of urea groups is 1. The van der Waals surface area contributed by atoms with Crippen molar-refractivity contribution in [2.45, 2.75) is 31.8 Å². The van der Waals surface area contributed by atoms with E-state index in [-0.39, 0.29) is 23.1 Å². The monoisotopic (exact) mass is 367 g/mol. The summed E-state index contributed by atoms with van der Waals surface area (Å²) in [6.45, 7) is 3.81. The summed E-state index contributed by atoms with van der Waals surface area (Å²) in [6, 6.07) is 3.20. The van der Waals surface area contributed by atoms with Crippen molar-refractivity contribution in [3.63, 3.8) is 0 Å². The average molecular weight is 368 g/mol. The fraction of sp³-hybridized carbons (Fsp3) is 0.556. The maximum atomic E-state index is 12.6. The van der Waals surface area contributed by atoms with E-state index in [0.29, 0.717) is 23.2 Å². The maximum Gasteiger partial charge on any atom is 0.317 e. The number of carbonyl (C=O) groups excluding carboxylic acids is 2. The summed E-state index contributed by atoms with van der Waals surface area (Å²) < 4.78 is 5.14. The molecule has 1 atom stereocenters. The normalized spacial score (nSPS) is 17.0. The number of carbonyl (C=O) groups is 2. The number of likely N-dealkylation sites (tertiary alicyclic amines) is 1. The molecule has 1 fully saturated rings.